The molecule has 6 heteroatoms. The molecule has 0 radical (unpaired) electrons. The maximum Gasteiger partial charge on any atom is 0.346 e. The maximum absolute atomic E-state index is 13.2. The summed E-state index contributed by atoms with van der Waals surface area (Å²) in [6.07, 6.45) is 1.45. The highest BCUT2D eigenvalue weighted by molar-refractivity contribution is 5.34. The van der Waals surface area contributed by atoms with Gasteiger partial charge in [0.2, 0.25) is 0 Å². The van der Waals surface area contributed by atoms with Crippen molar-refractivity contribution in [1.29, 1.82) is 5.26 Å². The van der Waals surface area contributed by atoms with Crippen LogP contribution in [0.5, 0.6) is 0 Å². The Morgan fingerprint density at radius 1 is 1.40 bits per heavy atom. The molecule has 1 aromatic heterocycles. The number of benzene rings is 1. The first kappa shape index (κ1) is 14.0. The van der Waals surface area contributed by atoms with E-state index in [1.54, 1.807) is 12.1 Å². The molecule has 0 bridgehead atoms. The summed E-state index contributed by atoms with van der Waals surface area (Å²) in [4.78, 5) is 12.2. The molecule has 0 saturated carbocycles. The van der Waals surface area contributed by atoms with Crippen LogP contribution in [-0.2, 0) is 12.1 Å². The topological polar surface area (TPSA) is 63.6 Å². The average Bonchev–Trinajstić information content (AvgIpc) is 2.73. The molecule has 0 aliphatic heterocycles. The number of aromatic nitrogens is 3. The van der Waals surface area contributed by atoms with Gasteiger partial charge in [-0.05, 0) is 38.5 Å². The number of rotatable bonds is 2. The van der Waals surface area contributed by atoms with Gasteiger partial charge in [-0.15, -0.1) is 0 Å². The molecule has 0 fully saturated rings. The third-order valence-electron chi connectivity index (χ3n) is 2.87. The van der Waals surface area contributed by atoms with E-state index in [9.17, 15) is 9.18 Å². The molecule has 1 aromatic carbocycles. The van der Waals surface area contributed by atoms with Crippen LogP contribution in [0.15, 0.2) is 29.3 Å². The van der Waals surface area contributed by atoms with Crippen LogP contribution in [0.1, 0.15) is 31.9 Å². The lowest BCUT2D eigenvalue weighted by atomic mass is 10.1. The van der Waals surface area contributed by atoms with E-state index in [-0.39, 0.29) is 17.8 Å². The molecule has 104 valence electrons. The summed E-state index contributed by atoms with van der Waals surface area (Å²) in [5, 5.41) is 12.9. The molecule has 0 atom stereocenters. The summed E-state index contributed by atoms with van der Waals surface area (Å²) in [5.74, 6) is -0.561. The second kappa shape index (κ2) is 4.93. The van der Waals surface area contributed by atoms with E-state index in [0.717, 1.165) is 0 Å². The van der Waals surface area contributed by atoms with Gasteiger partial charge in [0.25, 0.3) is 0 Å². The highest BCUT2D eigenvalue weighted by atomic mass is 19.1. The molecule has 0 amide bonds. The quantitative estimate of drug-likeness (QED) is 0.839. The van der Waals surface area contributed by atoms with Gasteiger partial charge >= 0.3 is 5.69 Å². The van der Waals surface area contributed by atoms with Crippen molar-refractivity contribution in [1.82, 2.24) is 14.3 Å². The van der Waals surface area contributed by atoms with Crippen LogP contribution in [-0.4, -0.2) is 14.3 Å². The minimum atomic E-state index is -0.561. The van der Waals surface area contributed by atoms with Crippen molar-refractivity contribution in [2.24, 2.45) is 0 Å². The third-order valence-corrected chi connectivity index (χ3v) is 2.87. The van der Waals surface area contributed by atoms with E-state index in [1.807, 2.05) is 20.8 Å². The smallest absolute Gasteiger partial charge is 0.277 e. The van der Waals surface area contributed by atoms with Crippen LogP contribution in [0, 0.1) is 17.1 Å². The third kappa shape index (κ3) is 2.62. The number of halogens is 1. The van der Waals surface area contributed by atoms with E-state index < -0.39 is 11.4 Å². The summed E-state index contributed by atoms with van der Waals surface area (Å²) in [7, 11) is 0. The zero-order valence-electron chi connectivity index (χ0n) is 11.6. The van der Waals surface area contributed by atoms with Crippen molar-refractivity contribution in [3.05, 3.63) is 52.0 Å². The van der Waals surface area contributed by atoms with E-state index >= 15 is 0 Å². The number of nitrogens with zero attached hydrogens (tertiary/aromatic N) is 4. The Morgan fingerprint density at radius 3 is 2.65 bits per heavy atom. The Bertz CT molecular complexity index is 731. The molecule has 0 N–H and O–H groups in total. The lowest BCUT2D eigenvalue weighted by Gasteiger charge is -2.16. The van der Waals surface area contributed by atoms with Crippen molar-refractivity contribution >= 4 is 0 Å². The van der Waals surface area contributed by atoms with E-state index in [1.165, 1.54) is 27.7 Å². The fourth-order valence-corrected chi connectivity index (χ4v) is 1.86. The molecule has 1 heterocycles. The molecular weight excluding hydrogens is 259 g/mol. The van der Waals surface area contributed by atoms with Gasteiger partial charge in [-0.3, -0.25) is 4.57 Å². The molecule has 0 spiro atoms. The predicted octanol–water partition coefficient (Wildman–Crippen LogP) is 1.86. The van der Waals surface area contributed by atoms with Crippen molar-refractivity contribution < 1.29 is 4.39 Å². The number of hydrogen-bond acceptors (Lipinski definition) is 3. The largest absolute Gasteiger partial charge is 0.346 e. The minimum absolute atomic E-state index is 0.0289. The lowest BCUT2D eigenvalue weighted by molar-refractivity contribution is 0.341. The first-order chi connectivity index (χ1) is 9.32. The highest BCUT2D eigenvalue weighted by Crippen LogP contribution is 2.11. The van der Waals surface area contributed by atoms with Gasteiger partial charge < -0.3 is 0 Å². The number of hydrogen-bond donors (Lipinski definition) is 0. The van der Waals surface area contributed by atoms with Gasteiger partial charge in [0.15, 0.2) is 0 Å². The summed E-state index contributed by atoms with van der Waals surface area (Å²) in [5.41, 5.74) is 0.0146. The van der Waals surface area contributed by atoms with Gasteiger partial charge in [-0.2, -0.15) is 10.4 Å². The molecule has 0 aliphatic rings. The molecule has 0 saturated heterocycles. The Hall–Kier alpha value is -2.42. The Balaban J connectivity index is 2.35. The Labute approximate surface area is 115 Å². The van der Waals surface area contributed by atoms with Crippen LogP contribution >= 0.6 is 0 Å². The van der Waals surface area contributed by atoms with E-state index in [0.29, 0.717) is 5.56 Å². The lowest BCUT2D eigenvalue weighted by Crippen LogP contribution is -2.35. The number of nitriles is 1. The van der Waals surface area contributed by atoms with Crippen molar-refractivity contribution in [3.8, 4) is 6.07 Å². The predicted molar refractivity (Wildman–Crippen MR) is 71.7 cm³/mol. The molecule has 0 aliphatic carbocycles. The Kier molecular flexibility index (Phi) is 3.45. The van der Waals surface area contributed by atoms with Gasteiger partial charge in [0.05, 0.1) is 17.6 Å². The molecule has 0 unspecified atom stereocenters. The molecule has 5 nitrogen and oxygen atoms in total. The zero-order chi connectivity index (χ0) is 14.9. The molecule has 2 rings (SSSR count). The minimum Gasteiger partial charge on any atom is -0.277 e. The zero-order valence-corrected chi connectivity index (χ0v) is 11.6. The summed E-state index contributed by atoms with van der Waals surface area (Å²) in [6.45, 7) is 5.91. The maximum atomic E-state index is 13.2. The second-order valence-corrected chi connectivity index (χ2v) is 5.55. The van der Waals surface area contributed by atoms with Crippen molar-refractivity contribution in [2.75, 3.05) is 0 Å². The Morgan fingerprint density at radius 2 is 2.10 bits per heavy atom. The molecule has 2 aromatic rings. The van der Waals surface area contributed by atoms with Crippen molar-refractivity contribution in [2.45, 2.75) is 32.9 Å². The monoisotopic (exact) mass is 274 g/mol. The standard InChI is InChI=1S/C14H15FN4O/c1-14(2,3)19-13(20)18(9-17-19)8-10-4-5-12(15)11(6-10)7-16/h4-6,9H,8H2,1-3H3. The highest BCUT2D eigenvalue weighted by Gasteiger charge is 2.18. The van der Waals surface area contributed by atoms with Gasteiger partial charge in [-0.25, -0.2) is 13.9 Å². The fourth-order valence-electron chi connectivity index (χ4n) is 1.86. The van der Waals surface area contributed by atoms with Crippen LogP contribution in [0.4, 0.5) is 4.39 Å². The first-order valence-corrected chi connectivity index (χ1v) is 6.16. The van der Waals surface area contributed by atoms with Crippen LogP contribution in [0.3, 0.4) is 0 Å². The SMILES string of the molecule is CC(C)(C)n1ncn(Cc2ccc(F)c(C#N)c2)c1=O. The van der Waals surface area contributed by atoms with Crippen LogP contribution < -0.4 is 5.69 Å². The summed E-state index contributed by atoms with van der Waals surface area (Å²) < 4.78 is 16.1. The van der Waals surface area contributed by atoms with Gasteiger partial charge in [-0.1, -0.05) is 6.07 Å². The second-order valence-electron chi connectivity index (χ2n) is 5.55. The van der Waals surface area contributed by atoms with Crippen molar-refractivity contribution in [3.63, 3.8) is 0 Å². The average molecular weight is 274 g/mol. The summed E-state index contributed by atoms with van der Waals surface area (Å²) in [6, 6.07) is 6.00. The van der Waals surface area contributed by atoms with Crippen LogP contribution in [0.2, 0.25) is 0 Å². The molecule has 20 heavy (non-hydrogen) atoms. The normalized spacial score (nSPS) is 11.3. The van der Waals surface area contributed by atoms with Gasteiger partial charge in [0.1, 0.15) is 18.2 Å². The first-order valence-electron chi connectivity index (χ1n) is 6.16. The molecular formula is C14H15FN4O. The van der Waals surface area contributed by atoms with Crippen LogP contribution in [0.25, 0.3) is 0 Å². The van der Waals surface area contributed by atoms with E-state index in [4.69, 9.17) is 5.26 Å². The van der Waals surface area contributed by atoms with E-state index in [2.05, 4.69) is 5.10 Å². The fraction of sp³-hybridized carbons (Fsp3) is 0.357. The van der Waals surface area contributed by atoms with Gasteiger partial charge in [0, 0.05) is 0 Å². The summed E-state index contributed by atoms with van der Waals surface area (Å²) >= 11 is 0.